The molecule has 0 spiro atoms. The predicted molar refractivity (Wildman–Crippen MR) is 50.7 cm³/mol. The maximum atomic E-state index is 10.5. The average Bonchev–Trinajstić information content (AvgIpc) is 1.95. The average molecular weight is 173 g/mol. The lowest BCUT2D eigenvalue weighted by Gasteiger charge is -1.98. The molecule has 0 aliphatic heterocycles. The van der Waals surface area contributed by atoms with Gasteiger partial charge in [0.15, 0.2) is 0 Å². The van der Waals surface area contributed by atoms with Gasteiger partial charge in [0.25, 0.3) is 0 Å². The topological polar surface area (TPSA) is 32.1 Å². The fourth-order valence-electron chi connectivity index (χ4n) is 0.883. The molecule has 3 nitrogen and oxygen atoms in total. The number of amides is 1. The number of hydrogen-bond donors (Lipinski definition) is 1. The second-order valence-corrected chi connectivity index (χ2v) is 3.12. The van der Waals surface area contributed by atoms with E-state index < -0.39 is 0 Å². The van der Waals surface area contributed by atoms with Crippen LogP contribution in [-0.2, 0) is 4.79 Å². The van der Waals surface area contributed by atoms with Crippen molar-refractivity contribution in [1.82, 2.24) is 5.32 Å². The van der Waals surface area contributed by atoms with E-state index in [1.807, 2.05) is 14.1 Å². The maximum Gasteiger partial charge on any atom is 0.216 e. The molecule has 0 aliphatic rings. The molecule has 0 atom stereocenters. The van der Waals surface area contributed by atoms with Crippen molar-refractivity contribution in [2.45, 2.75) is 26.2 Å². The van der Waals surface area contributed by atoms with E-state index in [0.29, 0.717) is 0 Å². The molecule has 0 aromatic rings. The zero-order valence-corrected chi connectivity index (χ0v) is 8.26. The molecule has 0 rings (SSSR count). The van der Waals surface area contributed by atoms with Crippen LogP contribution in [0.15, 0.2) is 0 Å². The molecule has 1 N–H and O–H groups in total. The zero-order valence-electron chi connectivity index (χ0n) is 8.26. The van der Waals surface area contributed by atoms with Crippen LogP contribution < -0.4 is 5.32 Å². The monoisotopic (exact) mass is 173 g/mol. The fraction of sp³-hybridized carbons (Fsp3) is 0.778. The highest BCUT2D eigenvalue weighted by atomic mass is 16.2. The lowest BCUT2D eigenvalue weighted by molar-refractivity contribution is -0.460. The van der Waals surface area contributed by atoms with E-state index in [0.717, 1.165) is 25.8 Å². The van der Waals surface area contributed by atoms with E-state index in [9.17, 15) is 4.79 Å². The van der Waals surface area contributed by atoms with Crippen molar-refractivity contribution in [2.24, 2.45) is 0 Å². The first-order valence-corrected chi connectivity index (χ1v) is 4.37. The van der Waals surface area contributed by atoms with Gasteiger partial charge in [-0.3, -0.25) is 4.79 Å². The van der Waals surface area contributed by atoms with Crippen LogP contribution in [0.2, 0.25) is 0 Å². The molecule has 3 heteroatoms. The van der Waals surface area contributed by atoms with Crippen molar-refractivity contribution in [1.29, 1.82) is 0 Å². The van der Waals surface area contributed by atoms with Gasteiger partial charge in [0, 0.05) is 19.9 Å². The van der Waals surface area contributed by atoms with Crippen LogP contribution in [0.1, 0.15) is 26.2 Å². The van der Waals surface area contributed by atoms with Crippen molar-refractivity contribution in [3.8, 4) is 0 Å². The van der Waals surface area contributed by atoms with Crippen molar-refractivity contribution in [3.05, 3.63) is 0 Å². The quantitative estimate of drug-likeness (QED) is 0.214. The third-order valence-electron chi connectivity index (χ3n) is 1.50. The lowest BCUT2D eigenvalue weighted by Crippen LogP contribution is -2.20. The summed E-state index contributed by atoms with van der Waals surface area (Å²) in [5.41, 5.74) is 0. The van der Waals surface area contributed by atoms with Gasteiger partial charge in [-0.05, 0) is 12.8 Å². The van der Waals surface area contributed by atoms with Gasteiger partial charge in [0.2, 0.25) is 5.91 Å². The number of rotatable bonds is 5. The second kappa shape index (κ2) is 6.83. The molecule has 0 unspecified atom stereocenters. The molecule has 12 heavy (non-hydrogen) atoms. The highest BCUT2D eigenvalue weighted by Crippen LogP contribution is 1.90. The molecule has 0 fully saturated rings. The minimum absolute atomic E-state index is 0.0617. The van der Waals surface area contributed by atoms with Crippen LogP contribution in [-0.4, -0.2) is 37.3 Å². The predicted octanol–water partition coefficient (Wildman–Crippen LogP) is 0.636. The Morgan fingerprint density at radius 3 is 2.58 bits per heavy atom. The van der Waals surface area contributed by atoms with Crippen molar-refractivity contribution >= 4 is 12.1 Å². The second-order valence-electron chi connectivity index (χ2n) is 3.12. The third kappa shape index (κ3) is 9.14. The summed E-state index contributed by atoms with van der Waals surface area (Å²) in [6, 6.07) is 0. The Labute approximate surface area is 74.5 Å². The summed E-state index contributed by atoms with van der Waals surface area (Å²) in [5, 5.41) is 2.77. The number of nitrogens with zero attached hydrogens (tertiary/aromatic N) is 1. The van der Waals surface area contributed by atoms with Gasteiger partial charge in [-0.2, -0.15) is 0 Å². The number of hydrogen-bond acceptors (Lipinski definition) is 1. The van der Waals surface area contributed by atoms with Crippen molar-refractivity contribution in [2.75, 3.05) is 20.6 Å². The summed E-state index contributed by atoms with van der Waals surface area (Å²) in [6.07, 6.45) is 5.43. The van der Waals surface area contributed by atoms with Crippen LogP contribution in [0.25, 0.3) is 0 Å². The lowest BCUT2D eigenvalue weighted by atomic mass is 10.2. The first-order chi connectivity index (χ1) is 5.63. The summed E-state index contributed by atoms with van der Waals surface area (Å²) in [6.45, 7) is 2.35. The minimum atomic E-state index is 0.0617. The molecular weight excluding hydrogens is 154 g/mol. The number of carbonyl (C=O) groups excluding carboxylic acids is 1. The molecule has 0 saturated carbocycles. The highest BCUT2D eigenvalue weighted by Gasteiger charge is 1.91. The Balaban J connectivity index is 3.11. The van der Waals surface area contributed by atoms with Gasteiger partial charge in [0.05, 0.1) is 0 Å². The van der Waals surface area contributed by atoms with E-state index in [1.165, 1.54) is 0 Å². The first kappa shape index (κ1) is 11.1. The largest absolute Gasteiger partial charge is 0.356 e. The van der Waals surface area contributed by atoms with Gasteiger partial charge >= 0.3 is 0 Å². The molecular formula is C9H19N2O+. The number of nitrogens with one attached hydrogen (secondary N) is 1. The zero-order chi connectivity index (χ0) is 9.40. The van der Waals surface area contributed by atoms with Gasteiger partial charge in [-0.25, -0.2) is 4.58 Å². The van der Waals surface area contributed by atoms with E-state index in [1.54, 1.807) is 6.92 Å². The molecule has 0 aromatic heterocycles. The standard InChI is InChI=1S/C9H18N2O/c1-9(12)10-7-5-4-6-8-11(2)3/h8H,4-7H2,1-3H3/p+1/i1+1,11+1. The molecule has 0 bridgehead atoms. The van der Waals surface area contributed by atoms with Crippen LogP contribution in [0.5, 0.6) is 0 Å². The van der Waals surface area contributed by atoms with Gasteiger partial charge in [-0.15, -0.1) is 0 Å². The first-order valence-electron chi connectivity index (χ1n) is 4.37. The Kier molecular flexibility index (Phi) is 6.34. The Morgan fingerprint density at radius 2 is 2.08 bits per heavy atom. The highest BCUT2D eigenvalue weighted by molar-refractivity contribution is 5.72. The van der Waals surface area contributed by atoms with Crippen LogP contribution in [0.3, 0.4) is 0 Å². The molecule has 70 valence electrons. The minimum Gasteiger partial charge on any atom is -0.356 e. The Bertz CT molecular complexity index is 160. The van der Waals surface area contributed by atoms with Gasteiger partial charge < -0.3 is 5.32 Å². The SMILES string of the molecule is C[15N+](C)=CCCCCNC([13CH3])=O. The molecule has 0 saturated heterocycles. The van der Waals surface area contributed by atoms with E-state index in [2.05, 4.69) is 16.1 Å². The molecule has 0 heterocycles. The molecule has 0 aliphatic carbocycles. The summed E-state index contributed by atoms with van der Waals surface area (Å²) in [4.78, 5) is 10.5. The van der Waals surface area contributed by atoms with Crippen molar-refractivity contribution in [3.63, 3.8) is 0 Å². The summed E-state index contributed by atoms with van der Waals surface area (Å²) >= 11 is 0. The number of carbonyl (C=O) groups is 1. The maximum absolute atomic E-state index is 10.5. The Hall–Kier alpha value is -0.860. The third-order valence-corrected chi connectivity index (χ3v) is 1.50. The Morgan fingerprint density at radius 1 is 1.42 bits per heavy atom. The fourth-order valence-corrected chi connectivity index (χ4v) is 0.883. The molecule has 1 amide bonds. The normalized spacial score (nSPS) is 9.25. The number of unbranched alkanes of at least 4 members (excludes halogenated alkanes) is 2. The molecule has 0 radical (unpaired) electrons. The van der Waals surface area contributed by atoms with Gasteiger partial charge in [0.1, 0.15) is 20.3 Å². The van der Waals surface area contributed by atoms with Crippen LogP contribution in [0.4, 0.5) is 0 Å². The van der Waals surface area contributed by atoms with E-state index >= 15 is 0 Å². The summed E-state index contributed by atoms with van der Waals surface area (Å²) in [7, 11) is 4.04. The van der Waals surface area contributed by atoms with Gasteiger partial charge in [-0.1, -0.05) is 0 Å². The molecule has 0 aromatic carbocycles. The van der Waals surface area contributed by atoms with E-state index in [4.69, 9.17) is 0 Å². The summed E-state index contributed by atoms with van der Waals surface area (Å²) < 4.78 is 2.05. The van der Waals surface area contributed by atoms with Crippen molar-refractivity contribution < 1.29 is 9.37 Å². The summed E-state index contributed by atoms with van der Waals surface area (Å²) in [5.74, 6) is 0.0617. The van der Waals surface area contributed by atoms with Crippen LogP contribution in [0, 0.1) is 0 Å². The van der Waals surface area contributed by atoms with Crippen LogP contribution >= 0.6 is 0 Å². The van der Waals surface area contributed by atoms with E-state index in [-0.39, 0.29) is 5.91 Å². The smallest absolute Gasteiger partial charge is 0.216 e.